The molecule has 0 unspecified atom stereocenters. The fourth-order valence-corrected chi connectivity index (χ4v) is 1.76. The highest BCUT2D eigenvalue weighted by atomic mass is 16.4. The second-order valence-electron chi connectivity index (χ2n) is 4.13. The molecule has 0 amide bonds. The van der Waals surface area contributed by atoms with Gasteiger partial charge in [0.25, 0.3) is 0 Å². The molecule has 0 saturated heterocycles. The first-order valence-electron chi connectivity index (χ1n) is 5.60. The molecule has 0 fully saturated rings. The van der Waals surface area contributed by atoms with Crippen molar-refractivity contribution >= 4 is 17.2 Å². The van der Waals surface area contributed by atoms with E-state index in [-0.39, 0.29) is 5.84 Å². The molecule has 0 bridgehead atoms. The summed E-state index contributed by atoms with van der Waals surface area (Å²) in [6.07, 6.45) is 3.99. The van der Waals surface area contributed by atoms with E-state index in [1.165, 1.54) is 0 Å². The Kier molecular flexibility index (Phi) is 3.31. The van der Waals surface area contributed by atoms with Crippen LogP contribution in [0.25, 0.3) is 5.52 Å². The predicted molar refractivity (Wildman–Crippen MR) is 69.0 cm³/mol. The topological polar surface area (TPSA) is 92.0 Å². The van der Waals surface area contributed by atoms with Crippen molar-refractivity contribution in [3.63, 3.8) is 0 Å². The first kappa shape index (κ1) is 12.2. The summed E-state index contributed by atoms with van der Waals surface area (Å²) in [6.45, 7) is 2.56. The zero-order valence-electron chi connectivity index (χ0n) is 10.4. The number of fused-ring (bicyclic) bond motifs is 1. The van der Waals surface area contributed by atoms with Crippen molar-refractivity contribution in [2.75, 3.05) is 18.5 Å². The highest BCUT2D eigenvalue weighted by Gasteiger charge is 2.10. The zero-order valence-corrected chi connectivity index (χ0v) is 10.4. The minimum Gasteiger partial charge on any atom is -0.409 e. The molecule has 2 rings (SSSR count). The molecule has 0 saturated carbocycles. The van der Waals surface area contributed by atoms with Crippen LogP contribution in [0.2, 0.25) is 0 Å². The molecular formula is C11H16N6O. The summed E-state index contributed by atoms with van der Waals surface area (Å²) in [4.78, 5) is 6.30. The minimum absolute atomic E-state index is 0.207. The Balaban J connectivity index is 2.24. The van der Waals surface area contributed by atoms with E-state index < -0.39 is 0 Å². The number of rotatable bonds is 4. The van der Waals surface area contributed by atoms with Crippen molar-refractivity contribution in [2.24, 2.45) is 10.9 Å². The lowest BCUT2D eigenvalue weighted by Gasteiger charge is -2.18. The van der Waals surface area contributed by atoms with Crippen molar-refractivity contribution in [2.45, 2.75) is 13.3 Å². The number of amidine groups is 1. The van der Waals surface area contributed by atoms with E-state index in [0.717, 1.165) is 17.0 Å². The molecule has 0 aliphatic heterocycles. The molecule has 2 heterocycles. The molecule has 7 heteroatoms. The Morgan fingerprint density at radius 2 is 2.39 bits per heavy atom. The van der Waals surface area contributed by atoms with Gasteiger partial charge in [0.2, 0.25) is 0 Å². The summed E-state index contributed by atoms with van der Waals surface area (Å²) in [5.74, 6) is 1.03. The summed E-state index contributed by atoms with van der Waals surface area (Å²) in [5, 5.41) is 15.8. The third-order valence-electron chi connectivity index (χ3n) is 2.69. The fourth-order valence-electron chi connectivity index (χ4n) is 1.76. The molecule has 0 radical (unpaired) electrons. The van der Waals surface area contributed by atoms with E-state index in [1.54, 1.807) is 10.7 Å². The highest BCUT2D eigenvalue weighted by molar-refractivity contribution is 5.80. The maximum absolute atomic E-state index is 8.51. The van der Waals surface area contributed by atoms with Gasteiger partial charge >= 0.3 is 0 Å². The SMILES string of the molecule is Cc1cc2c(N(C)CC/C(N)=N/O)nccn2n1. The summed E-state index contributed by atoms with van der Waals surface area (Å²) in [6, 6.07) is 1.97. The number of nitrogens with two attached hydrogens (primary N) is 1. The average molecular weight is 248 g/mol. The Labute approximate surface area is 105 Å². The van der Waals surface area contributed by atoms with E-state index >= 15 is 0 Å². The largest absolute Gasteiger partial charge is 0.409 e. The molecule has 18 heavy (non-hydrogen) atoms. The van der Waals surface area contributed by atoms with Crippen LogP contribution in [0.4, 0.5) is 5.82 Å². The Morgan fingerprint density at radius 3 is 3.11 bits per heavy atom. The lowest BCUT2D eigenvalue weighted by atomic mass is 10.3. The molecule has 2 aromatic heterocycles. The summed E-state index contributed by atoms with van der Waals surface area (Å²) in [7, 11) is 1.91. The van der Waals surface area contributed by atoms with Crippen LogP contribution < -0.4 is 10.6 Å². The van der Waals surface area contributed by atoms with Crippen LogP contribution in [0.15, 0.2) is 23.6 Å². The van der Waals surface area contributed by atoms with Crippen LogP contribution in [0.5, 0.6) is 0 Å². The monoisotopic (exact) mass is 248 g/mol. The number of aryl methyl sites for hydroxylation is 1. The van der Waals surface area contributed by atoms with Gasteiger partial charge in [-0.15, -0.1) is 0 Å². The molecular weight excluding hydrogens is 232 g/mol. The third-order valence-corrected chi connectivity index (χ3v) is 2.69. The maximum Gasteiger partial charge on any atom is 0.154 e. The number of hydrogen-bond donors (Lipinski definition) is 2. The van der Waals surface area contributed by atoms with Crippen molar-refractivity contribution in [1.29, 1.82) is 0 Å². The molecule has 0 aliphatic carbocycles. The van der Waals surface area contributed by atoms with Crippen LogP contribution in [0.1, 0.15) is 12.1 Å². The minimum atomic E-state index is 0.207. The first-order valence-corrected chi connectivity index (χ1v) is 5.60. The van der Waals surface area contributed by atoms with Crippen molar-refractivity contribution in [3.8, 4) is 0 Å². The van der Waals surface area contributed by atoms with Crippen LogP contribution in [0, 0.1) is 6.92 Å². The van der Waals surface area contributed by atoms with Crippen LogP contribution in [-0.2, 0) is 0 Å². The van der Waals surface area contributed by atoms with Crippen LogP contribution >= 0.6 is 0 Å². The second-order valence-corrected chi connectivity index (χ2v) is 4.13. The van der Waals surface area contributed by atoms with Gasteiger partial charge in [-0.05, 0) is 13.0 Å². The number of hydrogen-bond acceptors (Lipinski definition) is 5. The molecule has 2 aromatic rings. The second kappa shape index (κ2) is 4.91. The van der Waals surface area contributed by atoms with Gasteiger partial charge in [0.05, 0.1) is 5.69 Å². The van der Waals surface area contributed by atoms with Gasteiger partial charge in [0.15, 0.2) is 5.82 Å². The van der Waals surface area contributed by atoms with Gasteiger partial charge in [0, 0.05) is 32.4 Å². The fraction of sp³-hybridized carbons (Fsp3) is 0.364. The number of nitrogens with zero attached hydrogens (tertiary/aromatic N) is 5. The lowest BCUT2D eigenvalue weighted by Crippen LogP contribution is -2.25. The molecule has 7 nitrogen and oxygen atoms in total. The quantitative estimate of drug-likeness (QED) is 0.358. The molecule has 0 atom stereocenters. The Morgan fingerprint density at radius 1 is 1.61 bits per heavy atom. The van der Waals surface area contributed by atoms with Crippen LogP contribution in [0.3, 0.4) is 0 Å². The van der Waals surface area contributed by atoms with E-state index in [2.05, 4.69) is 15.2 Å². The average Bonchev–Trinajstić information content (AvgIpc) is 2.75. The van der Waals surface area contributed by atoms with Gasteiger partial charge in [-0.3, -0.25) is 0 Å². The normalized spacial score (nSPS) is 12.0. The van der Waals surface area contributed by atoms with E-state index in [4.69, 9.17) is 10.9 Å². The van der Waals surface area contributed by atoms with Crippen LogP contribution in [-0.4, -0.2) is 39.2 Å². The first-order chi connectivity index (χ1) is 8.61. The zero-order chi connectivity index (χ0) is 13.1. The standard InChI is InChI=1S/C11H16N6O/c1-8-7-9-11(13-4-6-17(9)14-8)16(2)5-3-10(12)15-18/h4,6-7,18H,3,5H2,1-2H3,(H2,12,15). The van der Waals surface area contributed by atoms with Gasteiger partial charge in [-0.25, -0.2) is 9.50 Å². The van der Waals surface area contributed by atoms with E-state index in [1.807, 2.05) is 31.1 Å². The molecule has 0 aliphatic rings. The molecule has 0 spiro atoms. The molecule has 0 aromatic carbocycles. The van der Waals surface area contributed by atoms with Gasteiger partial charge in [0.1, 0.15) is 11.4 Å². The third kappa shape index (κ3) is 2.34. The number of aromatic nitrogens is 3. The maximum atomic E-state index is 8.51. The van der Waals surface area contributed by atoms with E-state index in [9.17, 15) is 0 Å². The molecule has 3 N–H and O–H groups in total. The van der Waals surface area contributed by atoms with Crippen molar-refractivity contribution < 1.29 is 5.21 Å². The van der Waals surface area contributed by atoms with Gasteiger partial charge < -0.3 is 15.8 Å². The number of anilines is 1. The summed E-state index contributed by atoms with van der Waals surface area (Å²) < 4.78 is 1.79. The van der Waals surface area contributed by atoms with Crippen molar-refractivity contribution in [3.05, 3.63) is 24.2 Å². The number of oxime groups is 1. The van der Waals surface area contributed by atoms with E-state index in [0.29, 0.717) is 13.0 Å². The highest BCUT2D eigenvalue weighted by Crippen LogP contribution is 2.18. The summed E-state index contributed by atoms with van der Waals surface area (Å²) in [5.41, 5.74) is 7.33. The van der Waals surface area contributed by atoms with Gasteiger partial charge in [-0.1, -0.05) is 5.16 Å². The van der Waals surface area contributed by atoms with Gasteiger partial charge in [-0.2, -0.15) is 5.10 Å². The summed E-state index contributed by atoms with van der Waals surface area (Å²) >= 11 is 0. The van der Waals surface area contributed by atoms with Crippen molar-refractivity contribution in [1.82, 2.24) is 14.6 Å². The lowest BCUT2D eigenvalue weighted by molar-refractivity contribution is 0.317. The molecule has 96 valence electrons. The Bertz CT molecular complexity index is 576. The Hall–Kier alpha value is -2.31. The smallest absolute Gasteiger partial charge is 0.154 e. The predicted octanol–water partition coefficient (Wildman–Crippen LogP) is 0.610.